The Morgan fingerprint density at radius 3 is 2.43 bits per heavy atom. The van der Waals surface area contributed by atoms with Crippen LogP contribution in [0.1, 0.15) is 40.5 Å². The second kappa shape index (κ2) is 7.57. The highest BCUT2D eigenvalue weighted by molar-refractivity contribution is 5.09. The first-order chi connectivity index (χ1) is 6.56. The third-order valence-corrected chi connectivity index (χ3v) is 1.94. The minimum Gasteiger partial charge on any atom is -0.385 e. The summed E-state index contributed by atoms with van der Waals surface area (Å²) in [6.07, 6.45) is 9.44. The zero-order valence-corrected chi connectivity index (χ0v) is 9.75. The minimum atomic E-state index is -0.424. The van der Waals surface area contributed by atoms with Crippen LogP contribution in [0.3, 0.4) is 0 Å². The predicted molar refractivity (Wildman–Crippen MR) is 63.2 cm³/mol. The molecule has 0 aromatic carbocycles. The number of aliphatic hydroxyl groups excluding tert-OH is 1. The maximum absolute atomic E-state index is 9.45. The van der Waals surface area contributed by atoms with Crippen molar-refractivity contribution in [2.24, 2.45) is 0 Å². The topological polar surface area (TPSA) is 20.2 Å². The van der Waals surface area contributed by atoms with E-state index < -0.39 is 6.10 Å². The quantitative estimate of drug-likeness (QED) is 0.663. The summed E-state index contributed by atoms with van der Waals surface area (Å²) in [6.45, 7) is 8.18. The molecule has 0 heterocycles. The molecular weight excluding hydrogens is 172 g/mol. The van der Waals surface area contributed by atoms with Crippen LogP contribution >= 0.6 is 0 Å². The lowest BCUT2D eigenvalue weighted by molar-refractivity contribution is 0.270. The van der Waals surface area contributed by atoms with Gasteiger partial charge in [-0.05, 0) is 40.5 Å². The van der Waals surface area contributed by atoms with E-state index in [0.717, 1.165) is 12.8 Å². The van der Waals surface area contributed by atoms with Crippen molar-refractivity contribution in [1.82, 2.24) is 0 Å². The molecule has 0 amide bonds. The maximum Gasteiger partial charge on any atom is 0.0905 e. The lowest BCUT2D eigenvalue weighted by atomic mass is 10.1. The molecule has 0 rings (SSSR count). The van der Waals surface area contributed by atoms with Gasteiger partial charge in [-0.3, -0.25) is 0 Å². The molecule has 0 aromatic heterocycles. The van der Waals surface area contributed by atoms with Crippen molar-refractivity contribution in [3.8, 4) is 0 Å². The van der Waals surface area contributed by atoms with Crippen molar-refractivity contribution in [3.63, 3.8) is 0 Å². The van der Waals surface area contributed by atoms with Gasteiger partial charge in [-0.2, -0.15) is 0 Å². The van der Waals surface area contributed by atoms with Gasteiger partial charge in [-0.15, -0.1) is 0 Å². The fraction of sp³-hybridized carbons (Fsp3) is 0.538. The van der Waals surface area contributed by atoms with Crippen molar-refractivity contribution in [3.05, 3.63) is 35.5 Å². The molecule has 14 heavy (non-hydrogen) atoms. The van der Waals surface area contributed by atoms with Gasteiger partial charge in [-0.25, -0.2) is 0 Å². The summed E-state index contributed by atoms with van der Waals surface area (Å²) < 4.78 is 0. The first-order valence-corrected chi connectivity index (χ1v) is 5.17. The monoisotopic (exact) mass is 194 g/mol. The van der Waals surface area contributed by atoms with Gasteiger partial charge in [-0.1, -0.05) is 35.5 Å². The molecule has 0 bridgehead atoms. The molecule has 0 aliphatic rings. The van der Waals surface area contributed by atoms with Crippen LogP contribution in [0.2, 0.25) is 0 Å². The van der Waals surface area contributed by atoms with E-state index in [1.54, 1.807) is 6.08 Å². The smallest absolute Gasteiger partial charge is 0.0905 e. The van der Waals surface area contributed by atoms with Crippen molar-refractivity contribution in [1.29, 1.82) is 0 Å². The molecule has 0 aliphatic heterocycles. The minimum absolute atomic E-state index is 0.424. The van der Waals surface area contributed by atoms with Gasteiger partial charge in [0.1, 0.15) is 0 Å². The third kappa shape index (κ3) is 7.81. The summed E-state index contributed by atoms with van der Waals surface area (Å²) in [4.78, 5) is 0. The van der Waals surface area contributed by atoms with E-state index in [1.807, 2.05) is 19.1 Å². The highest BCUT2D eigenvalue weighted by atomic mass is 16.3. The third-order valence-electron chi connectivity index (χ3n) is 1.94. The SMILES string of the molecule is CC=CC(O)C=C(C)CCC=C(C)C. The standard InChI is InChI=1S/C13H22O/c1-5-7-13(14)10-12(4)9-6-8-11(2)3/h5,7-8,10,13-14H,6,9H2,1-4H3. The van der Waals surface area contributed by atoms with Crippen molar-refractivity contribution in [2.45, 2.75) is 46.6 Å². The van der Waals surface area contributed by atoms with E-state index in [4.69, 9.17) is 0 Å². The van der Waals surface area contributed by atoms with Crippen molar-refractivity contribution < 1.29 is 5.11 Å². The van der Waals surface area contributed by atoms with Crippen molar-refractivity contribution in [2.75, 3.05) is 0 Å². The van der Waals surface area contributed by atoms with E-state index in [2.05, 4.69) is 26.8 Å². The fourth-order valence-electron chi connectivity index (χ4n) is 1.22. The number of rotatable bonds is 5. The average Bonchev–Trinajstić information content (AvgIpc) is 2.03. The molecule has 1 atom stereocenters. The molecule has 0 aromatic rings. The molecule has 1 unspecified atom stereocenters. The molecule has 1 nitrogen and oxygen atoms in total. The lowest BCUT2D eigenvalue weighted by Gasteiger charge is -2.02. The Balaban J connectivity index is 3.94. The number of hydrogen-bond donors (Lipinski definition) is 1. The van der Waals surface area contributed by atoms with Gasteiger partial charge < -0.3 is 5.11 Å². The van der Waals surface area contributed by atoms with Crippen LogP contribution in [0.4, 0.5) is 0 Å². The molecule has 1 heteroatoms. The Labute approximate surface area is 87.8 Å². The molecule has 80 valence electrons. The summed E-state index contributed by atoms with van der Waals surface area (Å²) >= 11 is 0. The van der Waals surface area contributed by atoms with Gasteiger partial charge in [0.2, 0.25) is 0 Å². The summed E-state index contributed by atoms with van der Waals surface area (Å²) in [7, 11) is 0. The molecule has 0 spiro atoms. The van der Waals surface area contributed by atoms with Gasteiger partial charge in [0.05, 0.1) is 6.10 Å². The largest absolute Gasteiger partial charge is 0.385 e. The Morgan fingerprint density at radius 1 is 1.29 bits per heavy atom. The van der Waals surface area contributed by atoms with Gasteiger partial charge >= 0.3 is 0 Å². The zero-order chi connectivity index (χ0) is 11.0. The number of allylic oxidation sites excluding steroid dienone is 4. The Morgan fingerprint density at radius 2 is 1.93 bits per heavy atom. The highest BCUT2D eigenvalue weighted by Gasteiger charge is 1.94. The maximum atomic E-state index is 9.45. The molecule has 0 saturated carbocycles. The molecule has 0 fully saturated rings. The van der Waals surface area contributed by atoms with Crippen LogP contribution in [-0.2, 0) is 0 Å². The van der Waals surface area contributed by atoms with Crippen LogP contribution in [0.5, 0.6) is 0 Å². The van der Waals surface area contributed by atoms with E-state index in [9.17, 15) is 5.11 Å². The Bertz CT molecular complexity index is 230. The summed E-state index contributed by atoms with van der Waals surface area (Å²) in [6, 6.07) is 0. The molecule has 0 aliphatic carbocycles. The summed E-state index contributed by atoms with van der Waals surface area (Å²) in [5.41, 5.74) is 2.60. The second-order valence-corrected chi connectivity index (χ2v) is 3.85. The van der Waals surface area contributed by atoms with E-state index in [-0.39, 0.29) is 0 Å². The van der Waals surface area contributed by atoms with Crippen LogP contribution in [0.15, 0.2) is 35.5 Å². The molecule has 0 radical (unpaired) electrons. The Hall–Kier alpha value is -0.820. The highest BCUT2D eigenvalue weighted by Crippen LogP contribution is 2.08. The van der Waals surface area contributed by atoms with Crippen molar-refractivity contribution >= 4 is 0 Å². The van der Waals surface area contributed by atoms with Gasteiger partial charge in [0, 0.05) is 0 Å². The normalized spacial score (nSPS) is 14.5. The zero-order valence-electron chi connectivity index (χ0n) is 9.75. The summed E-state index contributed by atoms with van der Waals surface area (Å²) in [5.74, 6) is 0. The van der Waals surface area contributed by atoms with Crippen LogP contribution in [0, 0.1) is 0 Å². The van der Waals surface area contributed by atoms with Crippen LogP contribution in [-0.4, -0.2) is 11.2 Å². The van der Waals surface area contributed by atoms with Gasteiger partial charge in [0.15, 0.2) is 0 Å². The Kier molecular flexibility index (Phi) is 7.13. The van der Waals surface area contributed by atoms with Crippen LogP contribution < -0.4 is 0 Å². The van der Waals surface area contributed by atoms with E-state index >= 15 is 0 Å². The van der Waals surface area contributed by atoms with Gasteiger partial charge in [0.25, 0.3) is 0 Å². The average molecular weight is 194 g/mol. The molecule has 0 saturated heterocycles. The lowest BCUT2D eigenvalue weighted by Crippen LogP contribution is -1.97. The van der Waals surface area contributed by atoms with E-state index in [1.165, 1.54) is 11.1 Å². The molecular formula is C13H22O. The second-order valence-electron chi connectivity index (χ2n) is 3.85. The number of aliphatic hydroxyl groups is 1. The predicted octanol–water partition coefficient (Wildman–Crippen LogP) is 3.62. The fourth-order valence-corrected chi connectivity index (χ4v) is 1.22. The number of hydrogen-bond acceptors (Lipinski definition) is 1. The first-order valence-electron chi connectivity index (χ1n) is 5.17. The van der Waals surface area contributed by atoms with E-state index in [0.29, 0.717) is 0 Å². The summed E-state index contributed by atoms with van der Waals surface area (Å²) in [5, 5.41) is 9.45. The first kappa shape index (κ1) is 13.2. The van der Waals surface area contributed by atoms with Crippen LogP contribution in [0.25, 0.3) is 0 Å². The molecule has 1 N–H and O–H groups in total.